The van der Waals surface area contributed by atoms with E-state index in [2.05, 4.69) is 45.9 Å². The Morgan fingerprint density at radius 3 is 2.20 bits per heavy atom. The molecular formula is C44H52N4O7. The van der Waals surface area contributed by atoms with Crippen LogP contribution in [0, 0.1) is 0 Å². The molecule has 3 atom stereocenters. The van der Waals surface area contributed by atoms with E-state index in [1.807, 2.05) is 54.6 Å². The third kappa shape index (κ3) is 10.2. The first-order chi connectivity index (χ1) is 26.9. The van der Waals surface area contributed by atoms with Gasteiger partial charge in [-0.2, -0.15) is 0 Å². The topological polar surface area (TPSA) is 145 Å². The monoisotopic (exact) mass is 748 g/mol. The summed E-state index contributed by atoms with van der Waals surface area (Å²) in [6.45, 7) is 4.30. The van der Waals surface area contributed by atoms with Gasteiger partial charge >= 0.3 is 0 Å². The summed E-state index contributed by atoms with van der Waals surface area (Å²) in [5.74, 6) is -0.587. The summed E-state index contributed by atoms with van der Waals surface area (Å²) >= 11 is 0. The number of amides is 2. The average Bonchev–Trinajstić information content (AvgIpc) is 3.68. The number of nitrogens with zero attached hydrogens (tertiary/aromatic N) is 1. The molecule has 0 unspecified atom stereocenters. The molecule has 3 saturated heterocycles. The minimum atomic E-state index is -0.551. The van der Waals surface area contributed by atoms with Crippen molar-refractivity contribution in [3.63, 3.8) is 0 Å². The number of nitrogens with two attached hydrogens (primary N) is 1. The van der Waals surface area contributed by atoms with Crippen LogP contribution in [-0.2, 0) is 41.7 Å². The van der Waals surface area contributed by atoms with Crippen molar-refractivity contribution in [1.82, 2.24) is 10.2 Å². The molecule has 3 aliphatic heterocycles. The van der Waals surface area contributed by atoms with Gasteiger partial charge in [0.2, 0.25) is 11.8 Å². The molecule has 11 heteroatoms. The molecule has 1 spiro atoms. The van der Waals surface area contributed by atoms with E-state index in [9.17, 15) is 14.7 Å². The number of unbranched alkanes of at least 4 members (excludes halogenated alkanes) is 1. The fourth-order valence-electron chi connectivity index (χ4n) is 7.64. The molecule has 0 aromatic heterocycles. The number of para-hydroxylation sites is 2. The predicted octanol–water partition coefficient (Wildman–Crippen LogP) is 6.63. The summed E-state index contributed by atoms with van der Waals surface area (Å²) in [5, 5.41) is 15.5. The summed E-state index contributed by atoms with van der Waals surface area (Å²) in [7, 11) is 0. The zero-order valence-electron chi connectivity index (χ0n) is 31.3. The second-order valence-corrected chi connectivity index (χ2v) is 14.7. The fraction of sp³-hybridized carbons (Fsp3) is 0.409. The third-order valence-electron chi connectivity index (χ3n) is 10.8. The summed E-state index contributed by atoms with van der Waals surface area (Å²) < 4.78 is 25.2. The number of carbonyl (C=O) groups is 2. The van der Waals surface area contributed by atoms with Gasteiger partial charge in [-0.05, 0) is 52.8 Å². The number of nitrogens with one attached hydrogen (secondary N) is 2. The van der Waals surface area contributed by atoms with Crippen LogP contribution in [0.1, 0.15) is 79.6 Å². The van der Waals surface area contributed by atoms with Gasteiger partial charge in [0.25, 0.3) is 0 Å². The molecule has 3 heterocycles. The van der Waals surface area contributed by atoms with Crippen LogP contribution in [-0.4, -0.2) is 66.6 Å². The Labute approximate surface area is 323 Å². The van der Waals surface area contributed by atoms with E-state index < -0.39 is 12.1 Å². The summed E-state index contributed by atoms with van der Waals surface area (Å²) in [5.41, 5.74) is 13.0. The Morgan fingerprint density at radius 1 is 0.800 bits per heavy atom. The van der Waals surface area contributed by atoms with Gasteiger partial charge in [0, 0.05) is 63.8 Å². The molecule has 55 heavy (non-hydrogen) atoms. The van der Waals surface area contributed by atoms with Crippen LogP contribution in [0.5, 0.6) is 0 Å². The average molecular weight is 749 g/mol. The molecular weight excluding hydrogens is 697 g/mol. The zero-order valence-corrected chi connectivity index (χ0v) is 31.3. The largest absolute Gasteiger partial charge is 0.397 e. The van der Waals surface area contributed by atoms with Crippen molar-refractivity contribution in [1.29, 1.82) is 0 Å². The van der Waals surface area contributed by atoms with Gasteiger partial charge in [-0.1, -0.05) is 84.9 Å². The number of nitrogen functional groups attached to an aromatic ring is 1. The molecule has 3 fully saturated rings. The maximum Gasteiger partial charge on any atom is 0.224 e. The molecule has 5 N–H and O–H groups in total. The lowest BCUT2D eigenvalue weighted by atomic mass is 9.97. The number of hydrogen-bond donors (Lipinski definition) is 4. The minimum absolute atomic E-state index is 0.000117. The van der Waals surface area contributed by atoms with Crippen molar-refractivity contribution in [2.45, 2.75) is 82.4 Å². The highest BCUT2D eigenvalue weighted by atomic mass is 16.7. The van der Waals surface area contributed by atoms with Crippen molar-refractivity contribution in [2.75, 3.05) is 43.9 Å². The van der Waals surface area contributed by atoms with Gasteiger partial charge < -0.3 is 45.3 Å². The van der Waals surface area contributed by atoms with Crippen molar-refractivity contribution in [2.24, 2.45) is 0 Å². The number of piperidine rings is 1. The highest BCUT2D eigenvalue weighted by Gasteiger charge is 2.41. The molecule has 0 bridgehead atoms. The van der Waals surface area contributed by atoms with Crippen molar-refractivity contribution in [3.05, 3.63) is 119 Å². The Hall–Kier alpha value is -4.62. The molecule has 0 saturated carbocycles. The second-order valence-electron chi connectivity index (χ2n) is 14.7. The lowest BCUT2D eigenvalue weighted by molar-refractivity contribution is -0.255. The standard InChI is InChI=1S/C44H52N4O7/c45-38-9-3-4-10-39(38)47-42(51)12-6-5-11-41(50)46-28-35-7-1-2-8-37(35)32-17-19-34(20-18-32)43-54-36(27-40(55-43)33-15-13-31(30-49)14-16-33)29-48-23-21-44(22-24-48)52-25-26-53-44/h1-4,7-10,13-20,36,40,43,49H,5-6,11-12,21-30,45H2,(H,46,50)(H,47,51)/t36-,40+,43+/m1/s1. The maximum atomic E-state index is 12.8. The number of ether oxygens (including phenoxy) is 4. The quantitative estimate of drug-likeness (QED) is 0.0826. The van der Waals surface area contributed by atoms with Crippen molar-refractivity contribution >= 4 is 23.2 Å². The van der Waals surface area contributed by atoms with E-state index in [0.29, 0.717) is 56.8 Å². The van der Waals surface area contributed by atoms with Crippen LogP contribution >= 0.6 is 0 Å². The predicted molar refractivity (Wildman–Crippen MR) is 210 cm³/mol. The highest BCUT2D eigenvalue weighted by molar-refractivity contribution is 5.93. The number of likely N-dealkylation sites (tertiary alicyclic amines) is 1. The number of aliphatic hydroxyl groups excluding tert-OH is 1. The highest BCUT2D eigenvalue weighted by Crippen LogP contribution is 2.40. The van der Waals surface area contributed by atoms with Gasteiger partial charge in [0.15, 0.2) is 12.1 Å². The third-order valence-corrected chi connectivity index (χ3v) is 10.8. The van der Waals surface area contributed by atoms with Crippen molar-refractivity contribution in [3.8, 4) is 11.1 Å². The van der Waals surface area contributed by atoms with E-state index >= 15 is 0 Å². The van der Waals surface area contributed by atoms with Gasteiger partial charge in [-0.25, -0.2) is 0 Å². The second kappa shape index (κ2) is 18.3. The first kappa shape index (κ1) is 38.6. The minimum Gasteiger partial charge on any atom is -0.397 e. The summed E-state index contributed by atoms with van der Waals surface area (Å²) in [6.07, 6.45) is 3.54. The number of benzene rings is 4. The molecule has 2 amide bonds. The molecule has 0 radical (unpaired) electrons. The lowest BCUT2D eigenvalue weighted by Gasteiger charge is -2.41. The van der Waals surface area contributed by atoms with E-state index in [1.165, 1.54) is 0 Å². The van der Waals surface area contributed by atoms with E-state index in [-0.39, 0.29) is 30.6 Å². The van der Waals surface area contributed by atoms with Gasteiger partial charge in [0.1, 0.15) is 0 Å². The number of anilines is 2. The number of carbonyl (C=O) groups excluding carboxylic acids is 2. The van der Waals surface area contributed by atoms with Crippen LogP contribution in [0.4, 0.5) is 11.4 Å². The summed E-state index contributed by atoms with van der Waals surface area (Å²) in [6, 6.07) is 31.5. The smallest absolute Gasteiger partial charge is 0.224 e. The molecule has 3 aliphatic rings. The van der Waals surface area contributed by atoms with Crippen LogP contribution in [0.2, 0.25) is 0 Å². The van der Waals surface area contributed by atoms with Crippen LogP contribution in [0.25, 0.3) is 11.1 Å². The Kier molecular flexibility index (Phi) is 12.9. The lowest BCUT2D eigenvalue weighted by Crippen LogP contribution is -2.48. The van der Waals surface area contributed by atoms with Crippen LogP contribution < -0.4 is 16.4 Å². The number of rotatable bonds is 14. The number of aliphatic hydroxyl groups is 1. The Balaban J connectivity index is 0.947. The van der Waals surface area contributed by atoms with Crippen LogP contribution in [0.15, 0.2) is 97.1 Å². The van der Waals surface area contributed by atoms with Crippen LogP contribution in [0.3, 0.4) is 0 Å². The maximum absolute atomic E-state index is 12.8. The van der Waals surface area contributed by atoms with Gasteiger partial charge in [-0.3, -0.25) is 9.59 Å². The molecule has 7 rings (SSSR count). The summed E-state index contributed by atoms with van der Waals surface area (Å²) in [4.78, 5) is 27.5. The number of hydrogen-bond acceptors (Lipinski definition) is 9. The zero-order chi connectivity index (χ0) is 38.0. The first-order valence-corrected chi connectivity index (χ1v) is 19.5. The van der Waals surface area contributed by atoms with E-state index in [0.717, 1.165) is 72.3 Å². The van der Waals surface area contributed by atoms with Crippen molar-refractivity contribution < 1.29 is 33.6 Å². The molecule has 290 valence electrons. The van der Waals surface area contributed by atoms with E-state index in [4.69, 9.17) is 24.7 Å². The fourth-order valence-corrected chi connectivity index (χ4v) is 7.64. The molecule has 4 aromatic carbocycles. The van der Waals surface area contributed by atoms with Gasteiger partial charge in [0.05, 0.1) is 43.4 Å². The Bertz CT molecular complexity index is 1870. The molecule has 4 aromatic rings. The first-order valence-electron chi connectivity index (χ1n) is 19.5. The van der Waals surface area contributed by atoms with Gasteiger partial charge in [-0.15, -0.1) is 0 Å². The normalized spacial score (nSPS) is 21.0. The van der Waals surface area contributed by atoms with E-state index in [1.54, 1.807) is 12.1 Å². The molecule has 11 nitrogen and oxygen atoms in total. The SMILES string of the molecule is Nc1ccccc1NC(=O)CCCCC(=O)NCc1ccccc1-c1ccc([C@H]2O[C@@H](CN3CCC4(CC3)OCCO4)C[C@@H](c3ccc(CO)cc3)O2)cc1. The Morgan fingerprint density at radius 2 is 1.47 bits per heavy atom. The molecule has 0 aliphatic carbocycles.